The Bertz CT molecular complexity index is 739. The Morgan fingerprint density at radius 3 is 2.35 bits per heavy atom. The molecule has 0 radical (unpaired) electrons. The highest BCUT2D eigenvalue weighted by Crippen LogP contribution is 2.20. The number of ether oxygens (including phenoxy) is 2. The molecule has 1 unspecified atom stereocenters. The lowest BCUT2D eigenvalue weighted by Gasteiger charge is -2.19. The van der Waals surface area contributed by atoms with Crippen LogP contribution in [0.25, 0.3) is 0 Å². The van der Waals surface area contributed by atoms with Crippen LogP contribution < -0.4 is 10.1 Å². The molecule has 0 spiro atoms. The molecule has 0 saturated carbocycles. The third-order valence-corrected chi connectivity index (χ3v) is 3.73. The standard InChI is InChI=1S/C20H24N2O4/c1-13(2)26-19(23)11-17(15-7-5-14(3)6-8-15)22-20(24)16-9-10-18(25-4)21-12-16/h5-10,12-13,17H,11H2,1-4H3,(H,22,24). The number of hydrogen-bond donors (Lipinski definition) is 1. The first-order valence-electron chi connectivity index (χ1n) is 8.46. The maximum atomic E-state index is 12.6. The summed E-state index contributed by atoms with van der Waals surface area (Å²) in [6.45, 7) is 5.56. The lowest BCUT2D eigenvalue weighted by atomic mass is 10.0. The van der Waals surface area contributed by atoms with E-state index in [1.165, 1.54) is 13.3 Å². The summed E-state index contributed by atoms with van der Waals surface area (Å²) in [6.07, 6.45) is 1.28. The first kappa shape index (κ1) is 19.4. The van der Waals surface area contributed by atoms with Crippen molar-refractivity contribution in [2.45, 2.75) is 39.3 Å². The number of nitrogens with zero attached hydrogens (tertiary/aromatic N) is 1. The Morgan fingerprint density at radius 1 is 1.12 bits per heavy atom. The summed E-state index contributed by atoms with van der Waals surface area (Å²) in [5, 5.41) is 2.89. The molecule has 2 rings (SSSR count). The van der Waals surface area contributed by atoms with Crippen molar-refractivity contribution in [3.63, 3.8) is 0 Å². The number of carbonyl (C=O) groups excluding carboxylic acids is 2. The molecule has 1 N–H and O–H groups in total. The van der Waals surface area contributed by atoms with Gasteiger partial charge in [-0.25, -0.2) is 4.98 Å². The maximum Gasteiger partial charge on any atom is 0.308 e. The number of aryl methyl sites for hydroxylation is 1. The molecule has 26 heavy (non-hydrogen) atoms. The average Bonchev–Trinajstić information content (AvgIpc) is 2.61. The summed E-state index contributed by atoms with van der Waals surface area (Å²) in [5.74, 6) is -0.251. The largest absolute Gasteiger partial charge is 0.481 e. The molecular weight excluding hydrogens is 332 g/mol. The molecule has 0 aliphatic heterocycles. The van der Waals surface area contributed by atoms with Gasteiger partial charge in [0.2, 0.25) is 5.88 Å². The lowest BCUT2D eigenvalue weighted by Crippen LogP contribution is -2.31. The van der Waals surface area contributed by atoms with Crippen molar-refractivity contribution in [2.24, 2.45) is 0 Å². The summed E-state index contributed by atoms with van der Waals surface area (Å²) in [5.41, 5.74) is 2.33. The molecule has 138 valence electrons. The SMILES string of the molecule is COc1ccc(C(=O)NC(CC(=O)OC(C)C)c2ccc(C)cc2)cn1. The number of nitrogens with one attached hydrogen (secondary N) is 1. The van der Waals surface area contributed by atoms with E-state index in [0.717, 1.165) is 11.1 Å². The molecule has 6 nitrogen and oxygen atoms in total. The normalized spacial score (nSPS) is 11.7. The smallest absolute Gasteiger partial charge is 0.308 e. The second kappa shape index (κ2) is 8.99. The van der Waals surface area contributed by atoms with Gasteiger partial charge in [-0.2, -0.15) is 0 Å². The van der Waals surface area contributed by atoms with Crippen molar-refractivity contribution < 1.29 is 19.1 Å². The minimum atomic E-state index is -0.489. The van der Waals surface area contributed by atoms with E-state index in [2.05, 4.69) is 10.3 Å². The van der Waals surface area contributed by atoms with Gasteiger partial charge in [-0.1, -0.05) is 29.8 Å². The molecular formula is C20H24N2O4. The topological polar surface area (TPSA) is 77.5 Å². The van der Waals surface area contributed by atoms with Crippen LogP contribution in [0.15, 0.2) is 42.6 Å². The lowest BCUT2D eigenvalue weighted by molar-refractivity contribution is -0.147. The van der Waals surface area contributed by atoms with Crippen LogP contribution in [0, 0.1) is 6.92 Å². The summed E-state index contributed by atoms with van der Waals surface area (Å²) >= 11 is 0. The first-order valence-corrected chi connectivity index (χ1v) is 8.46. The van der Waals surface area contributed by atoms with Gasteiger partial charge in [0, 0.05) is 12.3 Å². The van der Waals surface area contributed by atoms with E-state index in [1.54, 1.807) is 26.0 Å². The molecule has 6 heteroatoms. The van der Waals surface area contributed by atoms with Gasteiger partial charge >= 0.3 is 5.97 Å². The van der Waals surface area contributed by atoms with Gasteiger partial charge in [0.25, 0.3) is 5.91 Å². The Morgan fingerprint density at radius 2 is 1.81 bits per heavy atom. The zero-order valence-electron chi connectivity index (χ0n) is 15.5. The quantitative estimate of drug-likeness (QED) is 0.771. The molecule has 1 atom stereocenters. The summed E-state index contributed by atoms with van der Waals surface area (Å²) < 4.78 is 10.2. The van der Waals surface area contributed by atoms with E-state index in [0.29, 0.717) is 11.4 Å². The van der Waals surface area contributed by atoms with Crippen molar-refractivity contribution in [3.8, 4) is 5.88 Å². The minimum Gasteiger partial charge on any atom is -0.481 e. The Labute approximate surface area is 153 Å². The van der Waals surface area contributed by atoms with Crippen LogP contribution in [0.1, 0.15) is 47.8 Å². The molecule has 2 aromatic rings. The van der Waals surface area contributed by atoms with Crippen molar-refractivity contribution in [1.29, 1.82) is 0 Å². The number of aromatic nitrogens is 1. The molecule has 1 heterocycles. The van der Waals surface area contributed by atoms with Gasteiger partial charge in [-0.05, 0) is 32.4 Å². The van der Waals surface area contributed by atoms with Gasteiger partial charge in [-0.15, -0.1) is 0 Å². The van der Waals surface area contributed by atoms with Gasteiger partial charge in [0.15, 0.2) is 0 Å². The third kappa shape index (κ3) is 5.58. The minimum absolute atomic E-state index is 0.0521. The van der Waals surface area contributed by atoms with Gasteiger partial charge < -0.3 is 14.8 Å². The first-order chi connectivity index (χ1) is 12.4. The van der Waals surface area contributed by atoms with Crippen LogP contribution >= 0.6 is 0 Å². The number of benzene rings is 1. The molecule has 0 fully saturated rings. The fraction of sp³-hybridized carbons (Fsp3) is 0.350. The van der Waals surface area contributed by atoms with Gasteiger partial charge in [-0.3, -0.25) is 9.59 Å². The van der Waals surface area contributed by atoms with E-state index in [-0.39, 0.29) is 24.4 Å². The molecule has 1 aromatic carbocycles. The van der Waals surface area contributed by atoms with E-state index in [4.69, 9.17) is 9.47 Å². The Balaban J connectivity index is 2.17. The molecule has 0 aliphatic carbocycles. The van der Waals surface area contributed by atoms with Crippen molar-refractivity contribution in [1.82, 2.24) is 10.3 Å². The zero-order chi connectivity index (χ0) is 19.1. The summed E-state index contributed by atoms with van der Waals surface area (Å²) in [6, 6.07) is 10.4. The number of rotatable bonds is 7. The van der Waals surface area contributed by atoms with Gasteiger partial charge in [0.1, 0.15) is 0 Å². The third-order valence-electron chi connectivity index (χ3n) is 3.73. The molecule has 0 bridgehead atoms. The van der Waals surface area contributed by atoms with Crippen LogP contribution in [-0.4, -0.2) is 30.1 Å². The van der Waals surface area contributed by atoms with E-state index >= 15 is 0 Å². The number of amides is 1. The molecule has 0 aliphatic rings. The maximum absolute atomic E-state index is 12.6. The van der Waals surface area contributed by atoms with Crippen LogP contribution in [-0.2, 0) is 9.53 Å². The van der Waals surface area contributed by atoms with Crippen LogP contribution in [0.3, 0.4) is 0 Å². The van der Waals surface area contributed by atoms with Crippen molar-refractivity contribution in [2.75, 3.05) is 7.11 Å². The number of esters is 1. The van der Waals surface area contributed by atoms with Crippen molar-refractivity contribution in [3.05, 3.63) is 59.3 Å². The monoisotopic (exact) mass is 356 g/mol. The second-order valence-corrected chi connectivity index (χ2v) is 6.27. The number of carbonyl (C=O) groups is 2. The fourth-order valence-corrected chi connectivity index (χ4v) is 2.41. The number of methoxy groups -OCH3 is 1. The zero-order valence-corrected chi connectivity index (χ0v) is 15.5. The Kier molecular flexibility index (Phi) is 6.72. The van der Waals surface area contributed by atoms with Crippen LogP contribution in [0.5, 0.6) is 5.88 Å². The highest BCUT2D eigenvalue weighted by Gasteiger charge is 2.21. The number of pyridine rings is 1. The molecule has 0 saturated heterocycles. The second-order valence-electron chi connectivity index (χ2n) is 6.27. The van der Waals surface area contributed by atoms with Crippen molar-refractivity contribution >= 4 is 11.9 Å². The Hall–Kier alpha value is -2.89. The molecule has 1 amide bonds. The van der Waals surface area contributed by atoms with E-state index < -0.39 is 6.04 Å². The fourth-order valence-electron chi connectivity index (χ4n) is 2.41. The van der Waals surface area contributed by atoms with Crippen LogP contribution in [0.4, 0.5) is 0 Å². The predicted molar refractivity (Wildman–Crippen MR) is 98.0 cm³/mol. The highest BCUT2D eigenvalue weighted by atomic mass is 16.5. The average molecular weight is 356 g/mol. The van der Waals surface area contributed by atoms with Crippen LogP contribution in [0.2, 0.25) is 0 Å². The summed E-state index contributed by atoms with van der Waals surface area (Å²) in [4.78, 5) is 28.7. The highest BCUT2D eigenvalue weighted by molar-refractivity contribution is 5.94. The predicted octanol–water partition coefficient (Wildman–Crippen LogP) is 3.21. The van der Waals surface area contributed by atoms with E-state index in [9.17, 15) is 9.59 Å². The number of hydrogen-bond acceptors (Lipinski definition) is 5. The summed E-state index contributed by atoms with van der Waals surface area (Å²) in [7, 11) is 1.51. The van der Waals surface area contributed by atoms with Gasteiger partial charge in [0.05, 0.1) is 31.2 Å². The van der Waals surface area contributed by atoms with E-state index in [1.807, 2.05) is 31.2 Å². The molecule has 1 aromatic heterocycles.